The summed E-state index contributed by atoms with van der Waals surface area (Å²) in [4.78, 5) is 4.50. The fourth-order valence-corrected chi connectivity index (χ4v) is 2.22. The molecule has 0 amide bonds. The standard InChI is InChI=1S/C19H19NO2/c1-14(2)22-19-11-8-16-12-17(9-10-18(16)20-19)21-13-15-6-4-3-5-7-15/h3-12,14H,13H2,1-2H3. The van der Waals surface area contributed by atoms with Crippen LogP contribution >= 0.6 is 0 Å². The zero-order valence-electron chi connectivity index (χ0n) is 12.8. The Balaban J connectivity index is 1.75. The third kappa shape index (κ3) is 3.55. The van der Waals surface area contributed by atoms with Crippen LogP contribution in [0.3, 0.4) is 0 Å². The van der Waals surface area contributed by atoms with Crippen molar-refractivity contribution in [2.75, 3.05) is 0 Å². The average molecular weight is 293 g/mol. The maximum atomic E-state index is 5.84. The molecule has 0 saturated heterocycles. The molecule has 1 heterocycles. The third-order valence-corrected chi connectivity index (χ3v) is 3.24. The van der Waals surface area contributed by atoms with Gasteiger partial charge in [0.15, 0.2) is 0 Å². The quantitative estimate of drug-likeness (QED) is 0.689. The Bertz CT molecular complexity index is 754. The summed E-state index contributed by atoms with van der Waals surface area (Å²) in [7, 11) is 0. The molecule has 3 nitrogen and oxygen atoms in total. The van der Waals surface area contributed by atoms with Crippen molar-refractivity contribution in [3.63, 3.8) is 0 Å². The number of ether oxygens (including phenoxy) is 2. The minimum absolute atomic E-state index is 0.124. The summed E-state index contributed by atoms with van der Waals surface area (Å²) in [5.74, 6) is 1.50. The normalized spacial score (nSPS) is 10.9. The van der Waals surface area contributed by atoms with E-state index in [1.165, 1.54) is 0 Å². The van der Waals surface area contributed by atoms with Crippen LogP contribution in [0.15, 0.2) is 60.7 Å². The molecule has 0 atom stereocenters. The van der Waals surface area contributed by atoms with Crippen LogP contribution in [0.25, 0.3) is 10.9 Å². The second kappa shape index (κ2) is 6.48. The van der Waals surface area contributed by atoms with Crippen molar-refractivity contribution in [2.24, 2.45) is 0 Å². The van der Waals surface area contributed by atoms with Crippen LogP contribution in [0, 0.1) is 0 Å². The van der Waals surface area contributed by atoms with Gasteiger partial charge in [-0.15, -0.1) is 0 Å². The summed E-state index contributed by atoms with van der Waals surface area (Å²) >= 11 is 0. The van der Waals surface area contributed by atoms with Crippen LogP contribution in [-0.2, 0) is 6.61 Å². The molecule has 3 aromatic rings. The number of rotatable bonds is 5. The van der Waals surface area contributed by atoms with Crippen molar-refractivity contribution in [3.8, 4) is 11.6 Å². The van der Waals surface area contributed by atoms with Gasteiger partial charge in [0, 0.05) is 11.5 Å². The molecular weight excluding hydrogens is 274 g/mol. The minimum atomic E-state index is 0.124. The molecule has 0 N–H and O–H groups in total. The molecule has 0 bridgehead atoms. The van der Waals surface area contributed by atoms with E-state index < -0.39 is 0 Å². The second-order valence-electron chi connectivity index (χ2n) is 5.44. The van der Waals surface area contributed by atoms with Crippen molar-refractivity contribution in [3.05, 3.63) is 66.2 Å². The summed E-state index contributed by atoms with van der Waals surface area (Å²) in [5.41, 5.74) is 2.06. The van der Waals surface area contributed by atoms with Crippen molar-refractivity contribution in [2.45, 2.75) is 26.6 Å². The first-order valence-corrected chi connectivity index (χ1v) is 7.45. The van der Waals surface area contributed by atoms with Gasteiger partial charge in [-0.1, -0.05) is 30.3 Å². The van der Waals surface area contributed by atoms with Gasteiger partial charge in [-0.05, 0) is 43.7 Å². The first-order chi connectivity index (χ1) is 10.7. The van der Waals surface area contributed by atoms with E-state index in [4.69, 9.17) is 9.47 Å². The van der Waals surface area contributed by atoms with Crippen molar-refractivity contribution >= 4 is 10.9 Å². The molecule has 0 saturated carbocycles. The number of benzene rings is 2. The number of pyridine rings is 1. The number of aromatic nitrogens is 1. The van der Waals surface area contributed by atoms with E-state index in [0.717, 1.165) is 22.2 Å². The van der Waals surface area contributed by atoms with E-state index >= 15 is 0 Å². The first-order valence-electron chi connectivity index (χ1n) is 7.45. The lowest BCUT2D eigenvalue weighted by molar-refractivity contribution is 0.233. The number of fused-ring (bicyclic) bond motifs is 1. The summed E-state index contributed by atoms with van der Waals surface area (Å²) in [6, 6.07) is 19.9. The fraction of sp³-hybridized carbons (Fsp3) is 0.211. The molecule has 0 aliphatic carbocycles. The monoisotopic (exact) mass is 293 g/mol. The number of nitrogens with zero attached hydrogens (tertiary/aromatic N) is 1. The largest absolute Gasteiger partial charge is 0.489 e. The smallest absolute Gasteiger partial charge is 0.214 e. The SMILES string of the molecule is CC(C)Oc1ccc2cc(OCc3ccccc3)ccc2n1. The molecule has 0 aliphatic rings. The topological polar surface area (TPSA) is 31.4 Å². The Morgan fingerprint density at radius 1 is 0.955 bits per heavy atom. The van der Waals surface area contributed by atoms with Gasteiger partial charge in [-0.2, -0.15) is 0 Å². The molecule has 3 rings (SSSR count). The van der Waals surface area contributed by atoms with Crippen LogP contribution in [-0.4, -0.2) is 11.1 Å². The first kappa shape index (κ1) is 14.4. The third-order valence-electron chi connectivity index (χ3n) is 3.24. The molecule has 0 radical (unpaired) electrons. The highest BCUT2D eigenvalue weighted by molar-refractivity contribution is 5.80. The highest BCUT2D eigenvalue weighted by atomic mass is 16.5. The van der Waals surface area contributed by atoms with Gasteiger partial charge in [-0.25, -0.2) is 4.98 Å². The van der Waals surface area contributed by atoms with E-state index in [1.807, 2.05) is 62.4 Å². The minimum Gasteiger partial charge on any atom is -0.489 e. The summed E-state index contributed by atoms with van der Waals surface area (Å²) < 4.78 is 11.5. The van der Waals surface area contributed by atoms with Gasteiger partial charge >= 0.3 is 0 Å². The number of hydrogen-bond donors (Lipinski definition) is 0. The molecule has 22 heavy (non-hydrogen) atoms. The molecule has 0 aliphatic heterocycles. The molecule has 1 aromatic heterocycles. The Labute approximate surface area is 130 Å². The van der Waals surface area contributed by atoms with Crippen LogP contribution in [0.1, 0.15) is 19.4 Å². The predicted molar refractivity (Wildman–Crippen MR) is 88.3 cm³/mol. The molecule has 3 heteroatoms. The zero-order valence-corrected chi connectivity index (χ0v) is 12.8. The van der Waals surface area contributed by atoms with Gasteiger partial charge in [0.1, 0.15) is 12.4 Å². The van der Waals surface area contributed by atoms with Gasteiger partial charge in [-0.3, -0.25) is 0 Å². The Morgan fingerprint density at radius 3 is 2.55 bits per heavy atom. The molecule has 0 spiro atoms. The summed E-state index contributed by atoms with van der Waals surface area (Å²) in [6.45, 7) is 4.55. The lowest BCUT2D eigenvalue weighted by atomic mass is 10.2. The maximum absolute atomic E-state index is 5.84. The zero-order chi connectivity index (χ0) is 15.4. The highest BCUT2D eigenvalue weighted by Crippen LogP contribution is 2.23. The van der Waals surface area contributed by atoms with Crippen LogP contribution in [0.2, 0.25) is 0 Å². The Morgan fingerprint density at radius 2 is 1.77 bits per heavy atom. The maximum Gasteiger partial charge on any atom is 0.214 e. The average Bonchev–Trinajstić information content (AvgIpc) is 2.53. The van der Waals surface area contributed by atoms with Gasteiger partial charge in [0.05, 0.1) is 11.6 Å². The predicted octanol–water partition coefficient (Wildman–Crippen LogP) is 4.60. The van der Waals surface area contributed by atoms with Crippen LogP contribution in [0.5, 0.6) is 11.6 Å². The van der Waals surface area contributed by atoms with E-state index in [9.17, 15) is 0 Å². The molecule has 0 fully saturated rings. The van der Waals surface area contributed by atoms with E-state index in [1.54, 1.807) is 0 Å². The highest BCUT2D eigenvalue weighted by Gasteiger charge is 2.03. The second-order valence-corrected chi connectivity index (χ2v) is 5.44. The van der Waals surface area contributed by atoms with E-state index in [2.05, 4.69) is 17.1 Å². The molecular formula is C19H19NO2. The Kier molecular flexibility index (Phi) is 4.24. The molecule has 112 valence electrons. The lowest BCUT2D eigenvalue weighted by Crippen LogP contribution is -2.06. The van der Waals surface area contributed by atoms with Gasteiger partial charge < -0.3 is 9.47 Å². The van der Waals surface area contributed by atoms with Crippen molar-refractivity contribution in [1.29, 1.82) is 0 Å². The van der Waals surface area contributed by atoms with E-state index in [0.29, 0.717) is 12.5 Å². The van der Waals surface area contributed by atoms with Crippen LogP contribution < -0.4 is 9.47 Å². The summed E-state index contributed by atoms with van der Waals surface area (Å²) in [5, 5.41) is 1.04. The molecule has 0 unspecified atom stereocenters. The summed E-state index contributed by atoms with van der Waals surface area (Å²) in [6.07, 6.45) is 0.124. The number of hydrogen-bond acceptors (Lipinski definition) is 3. The van der Waals surface area contributed by atoms with Crippen molar-refractivity contribution < 1.29 is 9.47 Å². The van der Waals surface area contributed by atoms with E-state index in [-0.39, 0.29) is 6.10 Å². The van der Waals surface area contributed by atoms with Crippen LogP contribution in [0.4, 0.5) is 0 Å². The van der Waals surface area contributed by atoms with Gasteiger partial charge in [0.2, 0.25) is 5.88 Å². The van der Waals surface area contributed by atoms with Crippen molar-refractivity contribution in [1.82, 2.24) is 4.98 Å². The Hall–Kier alpha value is -2.55. The lowest BCUT2D eigenvalue weighted by Gasteiger charge is -2.10. The van der Waals surface area contributed by atoms with Gasteiger partial charge in [0.25, 0.3) is 0 Å². The molecule has 2 aromatic carbocycles. The fourth-order valence-electron chi connectivity index (χ4n) is 2.22.